The van der Waals surface area contributed by atoms with Gasteiger partial charge in [0.15, 0.2) is 0 Å². The topological polar surface area (TPSA) is 48.6 Å². The van der Waals surface area contributed by atoms with Gasteiger partial charge in [0.25, 0.3) is 0 Å². The standard InChI is InChI=1S/C3H7.H2O.O.Sn/c1-3-2;;;/h3H,1-2H3;1H2;;. The van der Waals surface area contributed by atoms with Gasteiger partial charge in [-0.05, 0) is 0 Å². The summed E-state index contributed by atoms with van der Waals surface area (Å²) in [6.07, 6.45) is 0. The number of hydrogen-bond acceptors (Lipinski definition) is 1. The first kappa shape index (κ1) is 9.75. The van der Waals surface area contributed by atoms with Crippen molar-refractivity contribution >= 4 is 21.1 Å². The Kier molecular flexibility index (Phi) is 9.03. The molecule has 0 fully saturated rings. The molecule has 0 amide bonds. The first-order chi connectivity index (χ1) is 2.27. The maximum atomic E-state index is 9.80. The fourth-order valence-electron chi connectivity index (χ4n) is 0. The van der Waals surface area contributed by atoms with Crippen LogP contribution in [-0.2, 0) is 3.08 Å². The molecule has 0 saturated heterocycles. The second kappa shape index (κ2) is 5.56. The van der Waals surface area contributed by atoms with Crippen molar-refractivity contribution in [3.63, 3.8) is 0 Å². The molecule has 0 aromatic carbocycles. The van der Waals surface area contributed by atoms with E-state index >= 15 is 0 Å². The van der Waals surface area contributed by atoms with Gasteiger partial charge in [-0.25, -0.2) is 0 Å². The van der Waals surface area contributed by atoms with E-state index in [1.807, 2.05) is 13.8 Å². The Labute approximate surface area is 47.8 Å². The monoisotopic (exact) mass is 197 g/mol. The van der Waals surface area contributed by atoms with Crippen LogP contribution in [0.25, 0.3) is 0 Å². The molecular weight excluding hydrogens is 187 g/mol. The molecule has 0 aromatic heterocycles. The first-order valence-corrected chi connectivity index (χ1v) is 4.46. The smallest absolute Gasteiger partial charge is 0.412 e. The Morgan fingerprint density at radius 3 is 1.67 bits per heavy atom. The van der Waals surface area contributed by atoms with Crippen LogP contribution < -0.4 is 0 Å². The fourth-order valence-corrected chi connectivity index (χ4v) is 0. The van der Waals surface area contributed by atoms with E-state index in [9.17, 15) is 3.08 Å². The SMILES string of the molecule is C[CH](C)[Sn]=[O].O. The molecule has 0 spiro atoms. The van der Waals surface area contributed by atoms with Gasteiger partial charge in [0.1, 0.15) is 0 Å². The van der Waals surface area contributed by atoms with Gasteiger partial charge in [0.2, 0.25) is 0 Å². The van der Waals surface area contributed by atoms with E-state index in [2.05, 4.69) is 0 Å². The number of hydrogen-bond donors (Lipinski definition) is 0. The van der Waals surface area contributed by atoms with Gasteiger partial charge in [0.05, 0.1) is 0 Å². The molecule has 0 aliphatic carbocycles. The van der Waals surface area contributed by atoms with Crippen LogP contribution in [0.4, 0.5) is 0 Å². The Balaban J connectivity index is 0. The quantitative estimate of drug-likeness (QED) is 0.546. The van der Waals surface area contributed by atoms with Gasteiger partial charge >= 0.3 is 42.0 Å². The molecule has 0 aliphatic rings. The van der Waals surface area contributed by atoms with Crippen molar-refractivity contribution in [3.05, 3.63) is 0 Å². The molecule has 2 N–H and O–H groups in total. The minimum atomic E-state index is -1.12. The van der Waals surface area contributed by atoms with Gasteiger partial charge in [-0.2, -0.15) is 0 Å². The molecule has 0 rings (SSSR count). The van der Waals surface area contributed by atoms with E-state index in [1.165, 1.54) is 0 Å². The zero-order valence-corrected chi connectivity index (χ0v) is 6.84. The third kappa shape index (κ3) is 8.82. The average molecular weight is 196 g/mol. The molecule has 0 bridgehead atoms. The van der Waals surface area contributed by atoms with Gasteiger partial charge in [-0.3, -0.25) is 0 Å². The maximum absolute atomic E-state index is 9.80. The second-order valence-electron chi connectivity index (χ2n) is 1.27. The summed E-state index contributed by atoms with van der Waals surface area (Å²) in [5.41, 5.74) is 0. The summed E-state index contributed by atoms with van der Waals surface area (Å²) in [6, 6.07) is 0. The second-order valence-corrected chi connectivity index (χ2v) is 5.24. The van der Waals surface area contributed by atoms with Crippen LogP contribution in [0, 0.1) is 0 Å². The van der Waals surface area contributed by atoms with E-state index in [0.29, 0.717) is 3.93 Å². The molecule has 0 aliphatic heterocycles. The van der Waals surface area contributed by atoms with Crippen molar-refractivity contribution in [1.29, 1.82) is 0 Å². The van der Waals surface area contributed by atoms with E-state index in [-0.39, 0.29) is 5.48 Å². The predicted octanol–water partition coefficient (Wildman–Crippen LogP) is 0.0397. The summed E-state index contributed by atoms with van der Waals surface area (Å²) in [6.45, 7) is 3.97. The van der Waals surface area contributed by atoms with Crippen LogP contribution in [0.1, 0.15) is 13.8 Å². The molecule has 37 valence electrons. The Hall–Kier alpha value is 0.559. The van der Waals surface area contributed by atoms with E-state index in [4.69, 9.17) is 0 Å². The van der Waals surface area contributed by atoms with Crippen molar-refractivity contribution < 1.29 is 8.55 Å². The third-order valence-electron chi connectivity index (χ3n) is 0.236. The summed E-state index contributed by atoms with van der Waals surface area (Å²) in [5, 5.41) is 0. The fraction of sp³-hybridized carbons (Fsp3) is 1.00. The van der Waals surface area contributed by atoms with Crippen molar-refractivity contribution in [2.24, 2.45) is 0 Å². The van der Waals surface area contributed by atoms with E-state index < -0.39 is 21.1 Å². The van der Waals surface area contributed by atoms with Crippen molar-refractivity contribution in [1.82, 2.24) is 0 Å². The van der Waals surface area contributed by atoms with E-state index in [0.717, 1.165) is 0 Å². The molecule has 0 atom stereocenters. The molecule has 6 heavy (non-hydrogen) atoms. The van der Waals surface area contributed by atoms with Crippen molar-refractivity contribution in [3.8, 4) is 0 Å². The van der Waals surface area contributed by atoms with Crippen molar-refractivity contribution in [2.45, 2.75) is 17.8 Å². The van der Waals surface area contributed by atoms with Crippen LogP contribution in [0.2, 0.25) is 3.93 Å². The normalized spacial score (nSPS) is 7.17. The molecule has 1 radical (unpaired) electrons. The van der Waals surface area contributed by atoms with Crippen LogP contribution in [0.5, 0.6) is 0 Å². The number of rotatable bonds is 1. The Morgan fingerprint density at radius 1 is 1.50 bits per heavy atom. The summed E-state index contributed by atoms with van der Waals surface area (Å²) in [4.78, 5) is 0. The molecule has 0 unspecified atom stereocenters. The van der Waals surface area contributed by atoms with Crippen molar-refractivity contribution in [2.75, 3.05) is 0 Å². The van der Waals surface area contributed by atoms with Crippen LogP contribution in [-0.4, -0.2) is 26.6 Å². The molecule has 0 aromatic rings. The van der Waals surface area contributed by atoms with Gasteiger partial charge in [0, 0.05) is 0 Å². The molecule has 2 nitrogen and oxygen atoms in total. The largest absolute Gasteiger partial charge is 0.412 e. The zero-order chi connectivity index (χ0) is 4.28. The molecule has 3 heteroatoms. The van der Waals surface area contributed by atoms with Gasteiger partial charge < -0.3 is 5.48 Å². The van der Waals surface area contributed by atoms with Gasteiger partial charge in [-0.1, -0.05) is 0 Å². The summed E-state index contributed by atoms with van der Waals surface area (Å²) < 4.78 is 10.3. The first-order valence-electron chi connectivity index (χ1n) is 1.65. The minimum Gasteiger partial charge on any atom is -0.412 e. The minimum absolute atomic E-state index is 0. The molecular formula is C3H9O2Sn. The maximum Gasteiger partial charge on any atom is -0.412 e. The zero-order valence-electron chi connectivity index (χ0n) is 3.99. The Morgan fingerprint density at radius 2 is 1.67 bits per heavy atom. The Bertz CT molecular complexity index is 35.8. The molecule has 0 heterocycles. The van der Waals surface area contributed by atoms with Gasteiger partial charge in [-0.15, -0.1) is 0 Å². The summed E-state index contributed by atoms with van der Waals surface area (Å²) in [5.74, 6) is 0. The third-order valence-corrected chi connectivity index (χ3v) is 1.58. The summed E-state index contributed by atoms with van der Waals surface area (Å²) in [7, 11) is 0. The molecule has 0 saturated carbocycles. The van der Waals surface area contributed by atoms with Crippen LogP contribution >= 0.6 is 0 Å². The van der Waals surface area contributed by atoms with Crippen LogP contribution in [0.3, 0.4) is 0 Å². The van der Waals surface area contributed by atoms with E-state index in [1.54, 1.807) is 0 Å². The summed E-state index contributed by atoms with van der Waals surface area (Å²) >= 11 is -1.12. The predicted molar refractivity (Wildman–Crippen MR) is 25.2 cm³/mol. The average Bonchev–Trinajstić information content (AvgIpc) is 1.38. The van der Waals surface area contributed by atoms with Crippen LogP contribution in [0.15, 0.2) is 0 Å².